The first kappa shape index (κ1) is 14.9. The van der Waals surface area contributed by atoms with E-state index in [0.29, 0.717) is 22.3 Å². The first-order valence-electron chi connectivity index (χ1n) is 9.01. The predicted molar refractivity (Wildman–Crippen MR) is 86.5 cm³/mol. The fourth-order valence-electron chi connectivity index (χ4n) is 7.23. The Kier molecular flexibility index (Phi) is 3.52. The molecule has 0 aromatic carbocycles. The molecule has 20 heavy (non-hydrogen) atoms. The lowest BCUT2D eigenvalue weighted by Crippen LogP contribution is -2.56. The highest BCUT2D eigenvalue weighted by molar-refractivity contribution is 5.10. The third kappa shape index (κ3) is 2.67. The number of hydrogen-bond acceptors (Lipinski definition) is 1. The molecule has 0 radical (unpaired) electrons. The standard InChI is InChI=1S/C19H35N/c1-5-14(2)6-16(20)10-19-9-15-7-17(3,12-19)11-18(4,8-15)13-19/h14-16H,5-13,20H2,1-4H3. The molecule has 2 N–H and O–H groups in total. The van der Waals surface area contributed by atoms with E-state index in [1.807, 2.05) is 0 Å². The molecule has 0 aliphatic heterocycles. The molecule has 116 valence electrons. The Hall–Kier alpha value is -0.0400. The van der Waals surface area contributed by atoms with Gasteiger partial charge in [-0.05, 0) is 79.4 Å². The van der Waals surface area contributed by atoms with E-state index in [4.69, 9.17) is 5.73 Å². The van der Waals surface area contributed by atoms with E-state index in [-0.39, 0.29) is 0 Å². The molecule has 4 aliphatic carbocycles. The predicted octanol–water partition coefficient (Wildman–Crippen LogP) is 5.14. The van der Waals surface area contributed by atoms with Gasteiger partial charge in [-0.1, -0.05) is 34.1 Å². The van der Waals surface area contributed by atoms with Gasteiger partial charge in [-0.25, -0.2) is 0 Å². The van der Waals surface area contributed by atoms with Gasteiger partial charge in [0.15, 0.2) is 0 Å². The average molecular weight is 277 g/mol. The normalized spacial score (nSPS) is 49.4. The maximum absolute atomic E-state index is 6.56. The zero-order valence-corrected chi connectivity index (χ0v) is 14.2. The second-order valence-corrected chi connectivity index (χ2v) is 9.84. The molecular weight excluding hydrogens is 242 g/mol. The SMILES string of the molecule is CCC(C)CC(N)CC12CC3CC(C)(CC(C)(C3)C1)C2. The molecule has 4 unspecified atom stereocenters. The van der Waals surface area contributed by atoms with Crippen LogP contribution >= 0.6 is 0 Å². The van der Waals surface area contributed by atoms with Crippen molar-refractivity contribution < 1.29 is 0 Å². The van der Waals surface area contributed by atoms with Gasteiger partial charge in [-0.2, -0.15) is 0 Å². The van der Waals surface area contributed by atoms with Crippen LogP contribution in [0.2, 0.25) is 0 Å². The minimum atomic E-state index is 0.438. The quantitative estimate of drug-likeness (QED) is 0.740. The van der Waals surface area contributed by atoms with E-state index in [0.717, 1.165) is 11.8 Å². The number of nitrogens with two attached hydrogens (primary N) is 1. The van der Waals surface area contributed by atoms with Crippen molar-refractivity contribution in [1.82, 2.24) is 0 Å². The van der Waals surface area contributed by atoms with Crippen LogP contribution in [-0.2, 0) is 0 Å². The van der Waals surface area contributed by atoms with Gasteiger partial charge >= 0.3 is 0 Å². The third-order valence-electron chi connectivity index (χ3n) is 6.84. The van der Waals surface area contributed by atoms with Gasteiger partial charge in [0, 0.05) is 6.04 Å². The highest BCUT2D eigenvalue weighted by Gasteiger charge is 2.59. The molecule has 0 aromatic heterocycles. The van der Waals surface area contributed by atoms with Crippen LogP contribution in [0.3, 0.4) is 0 Å². The fourth-order valence-corrected chi connectivity index (χ4v) is 7.23. The largest absolute Gasteiger partial charge is 0.328 e. The molecule has 1 nitrogen and oxygen atoms in total. The summed E-state index contributed by atoms with van der Waals surface area (Å²) in [6.07, 6.45) is 12.7. The van der Waals surface area contributed by atoms with Crippen LogP contribution in [0.1, 0.15) is 85.5 Å². The maximum atomic E-state index is 6.56. The van der Waals surface area contributed by atoms with Crippen LogP contribution in [0, 0.1) is 28.1 Å². The van der Waals surface area contributed by atoms with Crippen LogP contribution < -0.4 is 5.73 Å². The highest BCUT2D eigenvalue weighted by Crippen LogP contribution is 2.70. The topological polar surface area (TPSA) is 26.0 Å². The van der Waals surface area contributed by atoms with Crippen LogP contribution in [-0.4, -0.2) is 6.04 Å². The first-order valence-corrected chi connectivity index (χ1v) is 9.01. The summed E-state index contributed by atoms with van der Waals surface area (Å²) in [5.74, 6) is 1.81. The monoisotopic (exact) mass is 277 g/mol. The van der Waals surface area contributed by atoms with Crippen molar-refractivity contribution in [3.8, 4) is 0 Å². The van der Waals surface area contributed by atoms with E-state index >= 15 is 0 Å². The minimum absolute atomic E-state index is 0.438. The van der Waals surface area contributed by atoms with Crippen molar-refractivity contribution in [3.63, 3.8) is 0 Å². The van der Waals surface area contributed by atoms with E-state index < -0.39 is 0 Å². The molecule has 0 saturated heterocycles. The average Bonchev–Trinajstić information content (AvgIpc) is 2.22. The summed E-state index contributed by atoms with van der Waals surface area (Å²) in [5, 5.41) is 0. The summed E-state index contributed by atoms with van der Waals surface area (Å²) in [4.78, 5) is 0. The summed E-state index contributed by atoms with van der Waals surface area (Å²) in [6, 6.07) is 0.438. The molecule has 0 amide bonds. The lowest BCUT2D eigenvalue weighted by atomic mass is 9.39. The summed E-state index contributed by atoms with van der Waals surface area (Å²) in [7, 11) is 0. The van der Waals surface area contributed by atoms with Crippen molar-refractivity contribution in [2.24, 2.45) is 33.8 Å². The van der Waals surface area contributed by atoms with Gasteiger partial charge in [-0.3, -0.25) is 0 Å². The van der Waals surface area contributed by atoms with Gasteiger partial charge < -0.3 is 5.73 Å². The van der Waals surface area contributed by atoms with Crippen molar-refractivity contribution in [2.45, 2.75) is 91.5 Å². The molecule has 4 atom stereocenters. The summed E-state index contributed by atoms with van der Waals surface area (Å²) < 4.78 is 0. The van der Waals surface area contributed by atoms with Crippen molar-refractivity contribution in [3.05, 3.63) is 0 Å². The van der Waals surface area contributed by atoms with Crippen LogP contribution in [0.4, 0.5) is 0 Å². The Labute approximate surface area is 126 Å². The lowest BCUT2D eigenvalue weighted by molar-refractivity contribution is -0.149. The van der Waals surface area contributed by atoms with E-state index in [1.165, 1.54) is 57.8 Å². The molecule has 1 heteroatoms. The molecule has 0 spiro atoms. The highest BCUT2D eigenvalue weighted by atomic mass is 14.7. The van der Waals surface area contributed by atoms with Gasteiger partial charge in [0.25, 0.3) is 0 Å². The summed E-state index contributed by atoms with van der Waals surface area (Å²) in [6.45, 7) is 9.81. The maximum Gasteiger partial charge on any atom is 0.00466 e. The smallest absolute Gasteiger partial charge is 0.00466 e. The van der Waals surface area contributed by atoms with Crippen LogP contribution in [0.5, 0.6) is 0 Å². The van der Waals surface area contributed by atoms with E-state index in [9.17, 15) is 0 Å². The molecule has 4 rings (SSSR count). The molecule has 4 saturated carbocycles. The second-order valence-electron chi connectivity index (χ2n) is 9.84. The first-order chi connectivity index (χ1) is 9.26. The van der Waals surface area contributed by atoms with Gasteiger partial charge in [0.1, 0.15) is 0 Å². The Morgan fingerprint density at radius 1 is 1.05 bits per heavy atom. The third-order valence-corrected chi connectivity index (χ3v) is 6.84. The van der Waals surface area contributed by atoms with Crippen molar-refractivity contribution in [1.29, 1.82) is 0 Å². The Balaban J connectivity index is 1.72. The second kappa shape index (κ2) is 4.73. The van der Waals surface area contributed by atoms with Crippen LogP contribution in [0.25, 0.3) is 0 Å². The molecular formula is C19H35N. The van der Waals surface area contributed by atoms with Gasteiger partial charge in [-0.15, -0.1) is 0 Å². The Morgan fingerprint density at radius 2 is 1.65 bits per heavy atom. The Morgan fingerprint density at radius 3 is 2.15 bits per heavy atom. The summed E-state index contributed by atoms with van der Waals surface area (Å²) >= 11 is 0. The number of hydrogen-bond donors (Lipinski definition) is 1. The Bertz CT molecular complexity index is 356. The lowest BCUT2D eigenvalue weighted by Gasteiger charge is -2.66. The van der Waals surface area contributed by atoms with Crippen LogP contribution in [0.15, 0.2) is 0 Å². The van der Waals surface area contributed by atoms with E-state index in [2.05, 4.69) is 27.7 Å². The molecule has 4 aliphatic rings. The summed E-state index contributed by atoms with van der Waals surface area (Å²) in [5.41, 5.74) is 8.45. The minimum Gasteiger partial charge on any atom is -0.328 e. The molecule has 4 bridgehead atoms. The molecule has 0 aromatic rings. The zero-order valence-electron chi connectivity index (χ0n) is 14.2. The fraction of sp³-hybridized carbons (Fsp3) is 1.00. The zero-order chi connectivity index (χ0) is 14.6. The van der Waals surface area contributed by atoms with Crippen molar-refractivity contribution >= 4 is 0 Å². The van der Waals surface area contributed by atoms with E-state index in [1.54, 1.807) is 0 Å². The number of rotatable bonds is 5. The molecule has 0 heterocycles. The molecule has 4 fully saturated rings. The van der Waals surface area contributed by atoms with Gasteiger partial charge in [0.2, 0.25) is 0 Å². The van der Waals surface area contributed by atoms with Crippen molar-refractivity contribution in [2.75, 3.05) is 0 Å². The van der Waals surface area contributed by atoms with Gasteiger partial charge in [0.05, 0.1) is 0 Å².